The van der Waals surface area contributed by atoms with Gasteiger partial charge in [0.1, 0.15) is 0 Å². The molecule has 1 fully saturated rings. The van der Waals surface area contributed by atoms with Gasteiger partial charge in [-0.25, -0.2) is 4.98 Å². The number of nitrogens with one attached hydrogen (secondary N) is 2. The Labute approximate surface area is 174 Å². The van der Waals surface area contributed by atoms with Gasteiger partial charge in [-0.15, -0.1) is 12.4 Å². The molecule has 1 aliphatic heterocycles. The van der Waals surface area contributed by atoms with Gasteiger partial charge in [-0.2, -0.15) is 4.98 Å². The van der Waals surface area contributed by atoms with Crippen LogP contribution in [-0.4, -0.2) is 57.2 Å². The molecule has 0 aliphatic carbocycles. The molecule has 154 valence electrons. The van der Waals surface area contributed by atoms with Gasteiger partial charge < -0.3 is 19.7 Å². The normalized spacial score (nSPS) is 16.9. The van der Waals surface area contributed by atoms with E-state index in [9.17, 15) is 4.79 Å². The summed E-state index contributed by atoms with van der Waals surface area (Å²) in [6, 6.07) is 7.53. The number of amides is 1. The quantitative estimate of drug-likeness (QED) is 0.632. The average molecular weight is 418 g/mol. The number of halogens is 1. The molecule has 2 N–H and O–H groups in total. The lowest BCUT2D eigenvalue weighted by atomic mass is 10.2. The van der Waals surface area contributed by atoms with Crippen molar-refractivity contribution in [1.82, 2.24) is 29.9 Å². The van der Waals surface area contributed by atoms with Crippen LogP contribution < -0.4 is 10.6 Å². The molecule has 0 spiro atoms. The Hall–Kier alpha value is -2.75. The van der Waals surface area contributed by atoms with Crippen molar-refractivity contribution in [2.75, 3.05) is 32.0 Å². The van der Waals surface area contributed by atoms with E-state index in [0.29, 0.717) is 30.4 Å². The van der Waals surface area contributed by atoms with Crippen LogP contribution in [0.2, 0.25) is 0 Å². The van der Waals surface area contributed by atoms with E-state index in [0.717, 1.165) is 25.2 Å². The van der Waals surface area contributed by atoms with Gasteiger partial charge in [0.15, 0.2) is 5.82 Å². The lowest BCUT2D eigenvalue weighted by Gasteiger charge is -2.30. The Kier molecular flexibility index (Phi) is 6.97. The van der Waals surface area contributed by atoms with E-state index in [2.05, 4.69) is 37.7 Å². The van der Waals surface area contributed by atoms with Crippen LogP contribution in [0.25, 0.3) is 11.5 Å². The minimum absolute atomic E-state index is 0. The number of hydrogen-bond acceptors (Lipinski definition) is 7. The van der Waals surface area contributed by atoms with Crippen LogP contribution >= 0.6 is 12.4 Å². The van der Waals surface area contributed by atoms with Crippen LogP contribution in [0.5, 0.6) is 0 Å². The number of hydrogen-bond donors (Lipinski definition) is 2. The first-order valence-corrected chi connectivity index (χ1v) is 9.29. The zero-order valence-corrected chi connectivity index (χ0v) is 16.9. The maximum absolute atomic E-state index is 12.2. The Morgan fingerprint density at radius 1 is 1.41 bits per heavy atom. The highest BCUT2D eigenvalue weighted by Crippen LogP contribution is 2.24. The number of piperazine rings is 1. The molecule has 10 heteroatoms. The summed E-state index contributed by atoms with van der Waals surface area (Å²) in [5, 5.41) is 10.4. The second-order valence-electron chi connectivity index (χ2n) is 6.84. The smallest absolute Gasteiger partial charge is 0.258 e. The molecule has 3 aromatic rings. The van der Waals surface area contributed by atoms with Crippen molar-refractivity contribution in [3.8, 4) is 11.5 Å². The summed E-state index contributed by atoms with van der Waals surface area (Å²) in [6.45, 7) is 3.28. The number of anilines is 1. The van der Waals surface area contributed by atoms with Crippen LogP contribution in [-0.2, 0) is 11.3 Å². The number of nitrogens with zero attached hydrogens (tertiary/aromatic N) is 5. The van der Waals surface area contributed by atoms with E-state index in [1.807, 2.05) is 35.0 Å². The topological polar surface area (TPSA) is 101 Å². The van der Waals surface area contributed by atoms with Crippen molar-refractivity contribution in [1.29, 1.82) is 0 Å². The van der Waals surface area contributed by atoms with Gasteiger partial charge in [0.25, 0.3) is 5.89 Å². The van der Waals surface area contributed by atoms with Gasteiger partial charge in [0, 0.05) is 56.2 Å². The largest absolute Gasteiger partial charge is 0.337 e. The molecule has 1 unspecified atom stereocenters. The van der Waals surface area contributed by atoms with Crippen molar-refractivity contribution < 1.29 is 9.32 Å². The van der Waals surface area contributed by atoms with Gasteiger partial charge in [-0.05, 0) is 25.2 Å². The summed E-state index contributed by atoms with van der Waals surface area (Å²) in [5.41, 5.74) is 1.47. The summed E-state index contributed by atoms with van der Waals surface area (Å²) in [7, 11) is 2.06. The number of benzene rings is 1. The van der Waals surface area contributed by atoms with E-state index in [1.54, 1.807) is 12.5 Å². The van der Waals surface area contributed by atoms with Crippen LogP contribution in [0, 0.1) is 0 Å². The summed E-state index contributed by atoms with van der Waals surface area (Å²) in [5.74, 6) is 1.05. The lowest BCUT2D eigenvalue weighted by molar-refractivity contribution is -0.116. The summed E-state index contributed by atoms with van der Waals surface area (Å²) in [6.07, 6.45) is 5.59. The first-order valence-electron chi connectivity index (χ1n) is 9.29. The third-order valence-electron chi connectivity index (χ3n) is 4.80. The fourth-order valence-corrected chi connectivity index (χ4v) is 3.18. The van der Waals surface area contributed by atoms with Gasteiger partial charge in [0.2, 0.25) is 5.91 Å². The second-order valence-corrected chi connectivity index (χ2v) is 6.84. The Morgan fingerprint density at radius 3 is 3.10 bits per heavy atom. The molecule has 0 saturated carbocycles. The van der Waals surface area contributed by atoms with Gasteiger partial charge in [-0.3, -0.25) is 9.69 Å². The van der Waals surface area contributed by atoms with Crippen molar-refractivity contribution in [2.24, 2.45) is 0 Å². The zero-order chi connectivity index (χ0) is 19.3. The van der Waals surface area contributed by atoms with Crippen molar-refractivity contribution >= 4 is 24.0 Å². The van der Waals surface area contributed by atoms with Crippen LogP contribution in [0.4, 0.5) is 5.69 Å². The van der Waals surface area contributed by atoms with E-state index in [-0.39, 0.29) is 24.4 Å². The fourth-order valence-electron chi connectivity index (χ4n) is 3.18. The van der Waals surface area contributed by atoms with Crippen LogP contribution in [0.3, 0.4) is 0 Å². The maximum Gasteiger partial charge on any atom is 0.258 e. The van der Waals surface area contributed by atoms with Crippen molar-refractivity contribution in [3.05, 3.63) is 48.8 Å². The van der Waals surface area contributed by atoms with Crippen molar-refractivity contribution in [3.63, 3.8) is 0 Å². The second kappa shape index (κ2) is 9.64. The van der Waals surface area contributed by atoms with Gasteiger partial charge in [0.05, 0.1) is 12.4 Å². The number of carbonyl (C=O) groups excluding carboxylic acids is 1. The third kappa shape index (κ3) is 5.20. The van der Waals surface area contributed by atoms with E-state index >= 15 is 0 Å². The number of aryl methyl sites for hydroxylation is 1. The molecule has 0 bridgehead atoms. The molecule has 1 aromatic carbocycles. The summed E-state index contributed by atoms with van der Waals surface area (Å²) in [4.78, 5) is 22.9. The van der Waals surface area contributed by atoms with Crippen LogP contribution in [0.1, 0.15) is 18.3 Å². The highest BCUT2D eigenvalue weighted by atomic mass is 35.5. The number of carbonyl (C=O) groups is 1. The maximum atomic E-state index is 12.2. The molecule has 1 aliphatic rings. The molecule has 0 radical (unpaired) electrons. The molecule has 4 rings (SSSR count). The first-order chi connectivity index (χ1) is 13.7. The SMILES string of the molecule is CN1CCNCC1c1noc(-c2cccc(NC(=O)CCn3ccnc3)c2)n1.Cl. The molecule has 9 nitrogen and oxygen atoms in total. The Balaban J connectivity index is 0.00000240. The van der Waals surface area contributed by atoms with E-state index in [1.165, 1.54) is 0 Å². The average Bonchev–Trinajstić information content (AvgIpc) is 3.39. The standard InChI is InChI=1S/C19H23N7O2.ClH/c1-25-9-6-20-12-16(25)18-23-19(28-24-18)14-3-2-4-15(11-14)22-17(27)5-8-26-10-7-21-13-26;/h2-4,7,10-11,13,16,20H,5-6,8-9,12H2,1H3,(H,22,27);1H. The van der Waals surface area contributed by atoms with Crippen molar-refractivity contribution in [2.45, 2.75) is 19.0 Å². The molecule has 1 saturated heterocycles. The summed E-state index contributed by atoms with van der Waals surface area (Å²) < 4.78 is 7.34. The monoisotopic (exact) mass is 417 g/mol. The third-order valence-corrected chi connectivity index (χ3v) is 4.80. The number of likely N-dealkylation sites (N-methyl/N-ethyl adjacent to an activating group) is 1. The molecule has 29 heavy (non-hydrogen) atoms. The number of imidazole rings is 1. The summed E-state index contributed by atoms with van der Waals surface area (Å²) >= 11 is 0. The molecular formula is C19H24ClN7O2. The minimum atomic E-state index is -0.0630. The highest BCUT2D eigenvalue weighted by molar-refractivity contribution is 5.91. The molecule has 3 heterocycles. The predicted octanol–water partition coefficient (Wildman–Crippen LogP) is 1.96. The predicted molar refractivity (Wildman–Crippen MR) is 111 cm³/mol. The minimum Gasteiger partial charge on any atom is -0.337 e. The molecule has 2 aromatic heterocycles. The van der Waals surface area contributed by atoms with E-state index < -0.39 is 0 Å². The molecule has 1 amide bonds. The lowest BCUT2D eigenvalue weighted by Crippen LogP contribution is -2.44. The van der Waals surface area contributed by atoms with E-state index in [4.69, 9.17) is 4.52 Å². The Bertz CT molecular complexity index is 928. The van der Waals surface area contributed by atoms with Crippen LogP contribution in [0.15, 0.2) is 47.5 Å². The van der Waals surface area contributed by atoms with Gasteiger partial charge in [-0.1, -0.05) is 11.2 Å². The first kappa shape index (κ1) is 21.0. The zero-order valence-electron chi connectivity index (χ0n) is 16.1. The molecular weight excluding hydrogens is 394 g/mol. The number of rotatable bonds is 6. The Morgan fingerprint density at radius 2 is 2.31 bits per heavy atom. The highest BCUT2D eigenvalue weighted by Gasteiger charge is 2.25. The fraction of sp³-hybridized carbons (Fsp3) is 0.368. The van der Waals surface area contributed by atoms with Gasteiger partial charge >= 0.3 is 0 Å². The number of aromatic nitrogens is 4. The molecule has 1 atom stereocenters.